The lowest BCUT2D eigenvalue weighted by Crippen LogP contribution is -2.39. The minimum absolute atomic E-state index is 0.328. The zero-order chi connectivity index (χ0) is 10.2. The summed E-state index contributed by atoms with van der Waals surface area (Å²) in [6.45, 7) is 5.73. The van der Waals surface area contributed by atoms with Gasteiger partial charge in [0.2, 0.25) is 0 Å². The van der Waals surface area contributed by atoms with Crippen LogP contribution in [0.1, 0.15) is 20.8 Å². The summed E-state index contributed by atoms with van der Waals surface area (Å²) < 4.78 is 0. The summed E-state index contributed by atoms with van der Waals surface area (Å²) in [6.07, 6.45) is 3.68. The van der Waals surface area contributed by atoms with E-state index in [0.29, 0.717) is 6.54 Å². The van der Waals surface area contributed by atoms with E-state index in [-0.39, 0.29) is 5.54 Å². The fourth-order valence-electron chi connectivity index (χ4n) is 0.321. The maximum atomic E-state index is 9.90. The lowest BCUT2D eigenvalue weighted by Gasteiger charge is -2.16. The largest absolute Gasteiger partial charge is 0.465 e. The molecule has 0 radical (unpaired) electrons. The smallest absolute Gasteiger partial charge is 0.405 e. The van der Waals surface area contributed by atoms with Gasteiger partial charge in [-0.2, -0.15) is 0 Å². The summed E-state index contributed by atoms with van der Waals surface area (Å²) in [7, 11) is 0. The van der Waals surface area contributed by atoms with E-state index in [2.05, 4.69) is 17.7 Å². The van der Waals surface area contributed by atoms with Crippen LogP contribution < -0.4 is 11.1 Å². The van der Waals surface area contributed by atoms with Gasteiger partial charge in [0.05, 0.1) is 6.54 Å². The number of nitrogens with two attached hydrogens (primary N) is 1. The molecule has 0 atom stereocenters. The van der Waals surface area contributed by atoms with Crippen LogP contribution in [0.15, 0.2) is 0 Å². The van der Waals surface area contributed by atoms with Crippen molar-refractivity contribution in [2.24, 2.45) is 5.73 Å². The van der Waals surface area contributed by atoms with Gasteiger partial charge in [-0.1, -0.05) is 5.92 Å². The van der Waals surface area contributed by atoms with Gasteiger partial charge in [0, 0.05) is 5.54 Å². The molecule has 4 N–H and O–H groups in total. The molecule has 0 aliphatic rings. The minimum Gasteiger partial charge on any atom is -0.465 e. The maximum absolute atomic E-state index is 9.90. The van der Waals surface area contributed by atoms with Crippen LogP contribution in [0, 0.1) is 12.3 Å². The Hall–Kier alpha value is -1.21. The molecule has 0 aromatic rings. The second-order valence-electron chi connectivity index (χ2n) is 3.09. The van der Waals surface area contributed by atoms with Gasteiger partial charge in [0.15, 0.2) is 0 Å². The molecule has 0 unspecified atom stereocenters. The molecule has 1 amide bonds. The Kier molecular flexibility index (Phi) is 7.25. The topological polar surface area (TPSA) is 75.3 Å². The average Bonchev–Trinajstić information content (AvgIpc) is 1.83. The van der Waals surface area contributed by atoms with Gasteiger partial charge in [-0.05, 0) is 20.8 Å². The van der Waals surface area contributed by atoms with E-state index in [1.54, 1.807) is 20.8 Å². The zero-order valence-corrected chi connectivity index (χ0v) is 7.72. The van der Waals surface area contributed by atoms with Gasteiger partial charge >= 0.3 is 6.09 Å². The molecule has 0 saturated heterocycles. The zero-order valence-electron chi connectivity index (χ0n) is 7.72. The normalized spacial score (nSPS) is 8.92. The number of nitrogens with one attached hydrogen (secondary N) is 1. The molecule has 0 heterocycles. The van der Waals surface area contributed by atoms with Crippen LogP contribution in [0.5, 0.6) is 0 Å². The van der Waals surface area contributed by atoms with Crippen molar-refractivity contribution in [2.75, 3.05) is 6.54 Å². The molecular weight excluding hydrogens is 156 g/mol. The molecule has 0 aliphatic carbocycles. The van der Waals surface area contributed by atoms with E-state index in [9.17, 15) is 4.79 Å². The third-order valence-corrected chi connectivity index (χ3v) is 0.600. The van der Waals surface area contributed by atoms with E-state index in [0.717, 1.165) is 0 Å². The first-order valence-corrected chi connectivity index (χ1v) is 3.48. The summed E-state index contributed by atoms with van der Waals surface area (Å²) in [5.41, 5.74) is 4.46. The Morgan fingerprint density at radius 2 is 2.00 bits per heavy atom. The Morgan fingerprint density at radius 1 is 1.67 bits per heavy atom. The Labute approximate surface area is 73.1 Å². The van der Waals surface area contributed by atoms with E-state index in [1.807, 2.05) is 0 Å². The molecule has 0 bridgehead atoms. The van der Waals surface area contributed by atoms with E-state index < -0.39 is 6.09 Å². The monoisotopic (exact) mass is 172 g/mol. The highest BCUT2D eigenvalue weighted by molar-refractivity contribution is 5.65. The maximum Gasteiger partial charge on any atom is 0.405 e. The van der Waals surface area contributed by atoms with Crippen LogP contribution in [0.4, 0.5) is 4.79 Å². The molecule has 4 heteroatoms. The van der Waals surface area contributed by atoms with Gasteiger partial charge in [0.25, 0.3) is 0 Å². The lowest BCUT2D eigenvalue weighted by atomic mass is 10.1. The van der Waals surface area contributed by atoms with Crippen molar-refractivity contribution in [3.63, 3.8) is 0 Å². The highest BCUT2D eigenvalue weighted by Crippen LogP contribution is 1.96. The van der Waals surface area contributed by atoms with Crippen LogP contribution >= 0.6 is 0 Å². The highest BCUT2D eigenvalue weighted by Gasteiger charge is 2.10. The Morgan fingerprint density at radius 3 is 2.00 bits per heavy atom. The lowest BCUT2D eigenvalue weighted by molar-refractivity contribution is 0.184. The van der Waals surface area contributed by atoms with E-state index >= 15 is 0 Å². The second kappa shape index (κ2) is 6.50. The van der Waals surface area contributed by atoms with Gasteiger partial charge in [-0.3, -0.25) is 0 Å². The molecule has 4 nitrogen and oxygen atoms in total. The first kappa shape index (κ1) is 13.4. The second-order valence-corrected chi connectivity index (χ2v) is 3.09. The predicted molar refractivity (Wildman–Crippen MR) is 48.8 cm³/mol. The van der Waals surface area contributed by atoms with Crippen molar-refractivity contribution in [1.29, 1.82) is 0 Å². The molecule has 12 heavy (non-hydrogen) atoms. The standard InChI is InChI=1S/C5H11NO2.C3H5N/c1-5(2,3)6-4(7)8;1-2-3-4/h6H,1-3H3,(H,7,8);1H,3-4H2. The van der Waals surface area contributed by atoms with Crippen LogP contribution in [0.2, 0.25) is 0 Å². The molecule has 70 valence electrons. The van der Waals surface area contributed by atoms with Gasteiger partial charge < -0.3 is 16.2 Å². The van der Waals surface area contributed by atoms with Gasteiger partial charge in [-0.15, -0.1) is 6.42 Å². The van der Waals surface area contributed by atoms with E-state index in [1.165, 1.54) is 0 Å². The molecule has 0 saturated carbocycles. The highest BCUT2D eigenvalue weighted by atomic mass is 16.4. The average molecular weight is 172 g/mol. The molecule has 0 aromatic carbocycles. The number of carboxylic acid groups (broad SMARTS) is 1. The third kappa shape index (κ3) is 23.2. The van der Waals surface area contributed by atoms with Crippen LogP contribution in [0.3, 0.4) is 0 Å². The molecule has 0 spiro atoms. The van der Waals surface area contributed by atoms with Crippen LogP contribution in [0.25, 0.3) is 0 Å². The molecule has 0 aliphatic heterocycles. The summed E-state index contributed by atoms with van der Waals surface area (Å²) in [5, 5.41) is 10.4. The first-order valence-electron chi connectivity index (χ1n) is 3.48. The van der Waals surface area contributed by atoms with Gasteiger partial charge in [-0.25, -0.2) is 4.79 Å². The third-order valence-electron chi connectivity index (χ3n) is 0.600. The quantitative estimate of drug-likeness (QED) is 0.469. The minimum atomic E-state index is -0.975. The predicted octanol–water partition coefficient (Wildman–Crippen LogP) is 0.631. The van der Waals surface area contributed by atoms with Gasteiger partial charge in [0.1, 0.15) is 0 Å². The SMILES string of the molecule is C#CCN.CC(C)(C)NC(=O)O. The molecule has 0 aromatic heterocycles. The number of hydrogen-bond acceptors (Lipinski definition) is 2. The van der Waals surface area contributed by atoms with Crippen molar-refractivity contribution in [3.8, 4) is 12.3 Å². The number of carbonyl (C=O) groups is 1. The fourth-order valence-corrected chi connectivity index (χ4v) is 0.321. The number of hydrogen-bond donors (Lipinski definition) is 3. The van der Waals surface area contributed by atoms with E-state index in [4.69, 9.17) is 10.8 Å². The van der Waals surface area contributed by atoms with Crippen LogP contribution in [-0.2, 0) is 0 Å². The molecule has 0 rings (SSSR count). The number of rotatable bonds is 0. The molecule has 0 fully saturated rings. The van der Waals surface area contributed by atoms with Crippen molar-refractivity contribution in [1.82, 2.24) is 5.32 Å². The van der Waals surface area contributed by atoms with Crippen molar-refractivity contribution < 1.29 is 9.90 Å². The number of amides is 1. The summed E-state index contributed by atoms with van der Waals surface area (Å²) in [5.74, 6) is 2.21. The van der Waals surface area contributed by atoms with Crippen molar-refractivity contribution in [2.45, 2.75) is 26.3 Å². The Bertz CT molecular complexity index is 165. The summed E-state index contributed by atoms with van der Waals surface area (Å²) in [4.78, 5) is 9.90. The Balaban J connectivity index is 0. The van der Waals surface area contributed by atoms with Crippen LogP contribution in [-0.4, -0.2) is 23.3 Å². The number of terminal acetylenes is 1. The fraction of sp³-hybridized carbons (Fsp3) is 0.625. The van der Waals surface area contributed by atoms with Crippen molar-refractivity contribution in [3.05, 3.63) is 0 Å². The van der Waals surface area contributed by atoms with Crippen molar-refractivity contribution >= 4 is 6.09 Å². The summed E-state index contributed by atoms with van der Waals surface area (Å²) >= 11 is 0. The molecular formula is C8H16N2O2. The first-order chi connectivity index (χ1) is 5.33. The summed E-state index contributed by atoms with van der Waals surface area (Å²) in [6, 6.07) is 0.